The van der Waals surface area contributed by atoms with E-state index in [-0.39, 0.29) is 23.7 Å². The number of fused-ring (bicyclic) bond motifs is 2. The van der Waals surface area contributed by atoms with E-state index >= 15 is 0 Å². The summed E-state index contributed by atoms with van der Waals surface area (Å²) < 4.78 is 8.20. The number of nitrogens with one attached hydrogen (secondary N) is 1. The average Bonchev–Trinajstić information content (AvgIpc) is 3.26. The van der Waals surface area contributed by atoms with E-state index in [2.05, 4.69) is 26.2 Å². The van der Waals surface area contributed by atoms with Crippen LogP contribution in [0.5, 0.6) is 0 Å². The van der Waals surface area contributed by atoms with E-state index in [4.69, 9.17) is 10.2 Å². The maximum absolute atomic E-state index is 13.4. The highest BCUT2D eigenvalue weighted by molar-refractivity contribution is 9.10. The minimum absolute atomic E-state index is 0.0832. The summed E-state index contributed by atoms with van der Waals surface area (Å²) in [6.45, 7) is 6.64. The molecule has 168 valence electrons. The van der Waals surface area contributed by atoms with Crippen LogP contribution in [-0.4, -0.2) is 44.0 Å². The second-order valence-corrected chi connectivity index (χ2v) is 9.51. The lowest BCUT2D eigenvalue weighted by Gasteiger charge is -2.29. The van der Waals surface area contributed by atoms with Crippen molar-refractivity contribution in [3.05, 3.63) is 45.6 Å². The highest BCUT2D eigenvalue weighted by Crippen LogP contribution is 2.35. The van der Waals surface area contributed by atoms with Gasteiger partial charge in [0.15, 0.2) is 5.69 Å². The Morgan fingerprint density at radius 2 is 1.97 bits per heavy atom. The molecule has 0 unspecified atom stereocenters. The number of hydrogen-bond acceptors (Lipinski definition) is 5. The molecule has 0 saturated carbocycles. The fourth-order valence-electron chi connectivity index (χ4n) is 3.95. The molecule has 10 nitrogen and oxygen atoms in total. The van der Waals surface area contributed by atoms with Crippen LogP contribution in [-0.2, 0) is 18.5 Å². The molecule has 3 aromatic rings. The van der Waals surface area contributed by atoms with Gasteiger partial charge < -0.3 is 25.1 Å². The molecule has 0 radical (unpaired) electrons. The molecular weight excluding hydrogens is 482 g/mol. The predicted octanol–water partition coefficient (Wildman–Crippen LogP) is 3.53. The number of carbonyl (C=O) groups excluding carboxylic acids is 2. The summed E-state index contributed by atoms with van der Waals surface area (Å²) in [6, 6.07) is 5.13. The smallest absolute Gasteiger partial charge is 0.407 e. The van der Waals surface area contributed by atoms with Crippen molar-refractivity contribution in [3.8, 4) is 0 Å². The zero-order valence-electron chi connectivity index (χ0n) is 17.7. The van der Waals surface area contributed by atoms with Crippen LogP contribution in [0.15, 0.2) is 27.1 Å². The Labute approximate surface area is 191 Å². The fraction of sp³-hybridized carbons (Fsp3) is 0.333. The molecule has 0 aliphatic carbocycles. The molecule has 3 amide bonds. The van der Waals surface area contributed by atoms with Crippen LogP contribution in [0.1, 0.15) is 53.3 Å². The van der Waals surface area contributed by atoms with Crippen molar-refractivity contribution in [2.24, 2.45) is 5.73 Å². The van der Waals surface area contributed by atoms with Gasteiger partial charge in [0, 0.05) is 28.4 Å². The van der Waals surface area contributed by atoms with Gasteiger partial charge in [-0.25, -0.2) is 9.78 Å². The van der Waals surface area contributed by atoms with Crippen molar-refractivity contribution < 1.29 is 23.9 Å². The Morgan fingerprint density at radius 1 is 1.25 bits per heavy atom. The molecule has 4 N–H and O–H groups in total. The zero-order chi connectivity index (χ0) is 23.4. The summed E-state index contributed by atoms with van der Waals surface area (Å²) in [6.07, 6.45) is -1.04. The van der Waals surface area contributed by atoms with Crippen LogP contribution >= 0.6 is 15.9 Å². The topological polar surface area (TPSA) is 144 Å². The number of nitrogens with zero attached hydrogens (tertiary/aromatic N) is 3. The average molecular weight is 504 g/mol. The number of imidazole rings is 1. The Balaban J connectivity index is 1.80. The van der Waals surface area contributed by atoms with Gasteiger partial charge in [0.2, 0.25) is 5.76 Å². The van der Waals surface area contributed by atoms with Crippen molar-refractivity contribution >= 4 is 50.5 Å². The van der Waals surface area contributed by atoms with E-state index in [0.717, 1.165) is 4.47 Å². The Morgan fingerprint density at radius 3 is 2.59 bits per heavy atom. The second-order valence-electron chi connectivity index (χ2n) is 8.60. The first-order valence-electron chi connectivity index (χ1n) is 9.88. The number of nitrogens with two attached hydrogens (primary N) is 1. The molecular formula is C21H22BrN5O5. The van der Waals surface area contributed by atoms with Crippen LogP contribution in [0.3, 0.4) is 0 Å². The van der Waals surface area contributed by atoms with E-state index in [0.29, 0.717) is 35.6 Å². The lowest BCUT2D eigenvalue weighted by Crippen LogP contribution is -2.38. The number of anilines is 1. The van der Waals surface area contributed by atoms with Crippen molar-refractivity contribution in [1.82, 2.24) is 14.5 Å². The standard InChI is InChI=1S/C21H22BrN5O5/c1-21(2,3)17-15(24-13-9-26(20(30)31)6-7-27(13)17)19(29)25-14-11-8-10(22)4-5-12(11)32-16(14)18(23)28/h4-5,8H,6-7,9H2,1-3H3,(H2,23,28)(H,25,29)(H,30,31). The highest BCUT2D eigenvalue weighted by Gasteiger charge is 2.34. The Bertz CT molecular complexity index is 1270. The number of benzene rings is 1. The lowest BCUT2D eigenvalue weighted by atomic mass is 9.90. The zero-order valence-corrected chi connectivity index (χ0v) is 19.3. The lowest BCUT2D eigenvalue weighted by molar-refractivity contribution is 0.0977. The molecule has 0 bridgehead atoms. The molecule has 3 heterocycles. The van der Waals surface area contributed by atoms with Crippen LogP contribution in [0.4, 0.5) is 10.5 Å². The monoisotopic (exact) mass is 503 g/mol. The van der Waals surface area contributed by atoms with Crippen LogP contribution in [0, 0.1) is 0 Å². The van der Waals surface area contributed by atoms with Gasteiger partial charge in [0.25, 0.3) is 11.8 Å². The van der Waals surface area contributed by atoms with Crippen molar-refractivity contribution in [2.75, 3.05) is 11.9 Å². The van der Waals surface area contributed by atoms with Gasteiger partial charge in [0.1, 0.15) is 17.1 Å². The van der Waals surface area contributed by atoms with Gasteiger partial charge in [0.05, 0.1) is 12.2 Å². The highest BCUT2D eigenvalue weighted by atomic mass is 79.9. The summed E-state index contributed by atoms with van der Waals surface area (Å²) in [5, 5.41) is 12.6. The third-order valence-corrected chi connectivity index (χ3v) is 5.77. The molecule has 1 aliphatic rings. The molecule has 0 spiro atoms. The van der Waals surface area contributed by atoms with Crippen molar-refractivity contribution in [3.63, 3.8) is 0 Å². The Kier molecular flexibility index (Phi) is 5.24. The largest absolute Gasteiger partial charge is 0.465 e. The fourth-order valence-corrected chi connectivity index (χ4v) is 4.31. The van der Waals surface area contributed by atoms with Gasteiger partial charge in [-0.3, -0.25) is 14.5 Å². The SMILES string of the molecule is CC(C)(C)c1c(C(=O)Nc2c(C(N)=O)oc3ccc(Br)cc23)nc2n1CCN(C(=O)O)C2. The first kappa shape index (κ1) is 21.9. The summed E-state index contributed by atoms with van der Waals surface area (Å²) in [7, 11) is 0. The van der Waals surface area contributed by atoms with E-state index in [1.807, 2.05) is 25.3 Å². The molecule has 32 heavy (non-hydrogen) atoms. The first-order chi connectivity index (χ1) is 15.0. The molecule has 0 atom stereocenters. The van der Waals surface area contributed by atoms with Gasteiger partial charge >= 0.3 is 6.09 Å². The minimum atomic E-state index is -1.04. The van der Waals surface area contributed by atoms with E-state index < -0.39 is 23.3 Å². The second kappa shape index (κ2) is 7.66. The van der Waals surface area contributed by atoms with Crippen LogP contribution < -0.4 is 11.1 Å². The van der Waals surface area contributed by atoms with E-state index in [9.17, 15) is 19.5 Å². The number of primary amides is 1. The molecule has 11 heteroatoms. The summed E-state index contributed by atoms with van der Waals surface area (Å²) in [4.78, 5) is 42.5. The maximum Gasteiger partial charge on any atom is 0.407 e. The number of halogens is 1. The molecule has 1 aromatic carbocycles. The first-order valence-corrected chi connectivity index (χ1v) is 10.7. The molecule has 1 aliphatic heterocycles. The third-order valence-electron chi connectivity index (χ3n) is 5.28. The third kappa shape index (κ3) is 3.72. The van der Waals surface area contributed by atoms with Crippen molar-refractivity contribution in [1.29, 1.82) is 0 Å². The number of carbonyl (C=O) groups is 3. The predicted molar refractivity (Wildman–Crippen MR) is 120 cm³/mol. The van der Waals surface area contributed by atoms with Crippen LogP contribution in [0.2, 0.25) is 0 Å². The number of rotatable bonds is 3. The molecule has 0 saturated heterocycles. The number of furan rings is 1. The number of carboxylic acid groups (broad SMARTS) is 1. The van der Waals surface area contributed by atoms with Gasteiger partial charge in [-0.1, -0.05) is 36.7 Å². The van der Waals surface area contributed by atoms with Gasteiger partial charge in [-0.05, 0) is 18.2 Å². The minimum Gasteiger partial charge on any atom is -0.465 e. The Hall–Kier alpha value is -3.34. The molecule has 4 rings (SSSR count). The molecule has 0 fully saturated rings. The number of amides is 3. The van der Waals surface area contributed by atoms with E-state index in [1.165, 1.54) is 4.90 Å². The van der Waals surface area contributed by atoms with Crippen molar-refractivity contribution in [2.45, 2.75) is 39.3 Å². The number of hydrogen-bond donors (Lipinski definition) is 3. The summed E-state index contributed by atoms with van der Waals surface area (Å²) in [5.41, 5.74) is 6.44. The normalized spacial score (nSPS) is 13.8. The number of aromatic nitrogens is 2. The summed E-state index contributed by atoms with van der Waals surface area (Å²) in [5.74, 6) is -1.03. The summed E-state index contributed by atoms with van der Waals surface area (Å²) >= 11 is 3.38. The maximum atomic E-state index is 13.4. The quantitative estimate of drug-likeness (QED) is 0.498. The van der Waals surface area contributed by atoms with Gasteiger partial charge in [-0.2, -0.15) is 0 Å². The van der Waals surface area contributed by atoms with E-state index in [1.54, 1.807) is 18.2 Å². The van der Waals surface area contributed by atoms with Crippen LogP contribution in [0.25, 0.3) is 11.0 Å². The molecule has 2 aromatic heterocycles. The van der Waals surface area contributed by atoms with Gasteiger partial charge in [-0.15, -0.1) is 0 Å².